The summed E-state index contributed by atoms with van der Waals surface area (Å²) in [6, 6.07) is 3.20. The number of aryl methyl sites for hydroxylation is 1. The van der Waals surface area contributed by atoms with E-state index in [0.29, 0.717) is 5.56 Å². The maximum Gasteiger partial charge on any atom is 0.514 e. The summed E-state index contributed by atoms with van der Waals surface area (Å²) in [5, 5.41) is 0.127. The van der Waals surface area contributed by atoms with Gasteiger partial charge in [-0.2, -0.15) is 0 Å². The average Bonchev–Trinajstić information content (AvgIpc) is 2.29. The van der Waals surface area contributed by atoms with Crippen LogP contribution in [0.4, 0.5) is 4.79 Å². The Bertz CT molecular complexity index is 609. The first-order valence-electron chi connectivity index (χ1n) is 7.23. The van der Waals surface area contributed by atoms with E-state index in [9.17, 15) is 9.59 Å². The number of rotatable bonds is 2. The van der Waals surface area contributed by atoms with Gasteiger partial charge in [-0.05, 0) is 60.1 Å². The summed E-state index contributed by atoms with van der Waals surface area (Å²) >= 11 is 6.09. The fourth-order valence-electron chi connectivity index (χ4n) is 1.69. The highest BCUT2D eigenvalue weighted by molar-refractivity contribution is 6.32. The van der Waals surface area contributed by atoms with E-state index < -0.39 is 23.3 Å². The van der Waals surface area contributed by atoms with Gasteiger partial charge in [0.05, 0.1) is 5.02 Å². The van der Waals surface area contributed by atoms with Gasteiger partial charge in [-0.25, -0.2) is 9.59 Å². The summed E-state index contributed by atoms with van der Waals surface area (Å²) in [7, 11) is 0. The second kappa shape index (κ2) is 6.79. The second-order valence-corrected chi connectivity index (χ2v) is 7.54. The number of ether oxygens (including phenoxy) is 3. The lowest BCUT2D eigenvalue weighted by atomic mass is 10.1. The molecule has 6 heteroatoms. The van der Waals surface area contributed by atoms with Crippen LogP contribution in [0, 0.1) is 6.92 Å². The average molecular weight is 343 g/mol. The van der Waals surface area contributed by atoms with Crippen LogP contribution in [-0.4, -0.2) is 23.3 Å². The molecule has 128 valence electrons. The highest BCUT2D eigenvalue weighted by Crippen LogP contribution is 2.33. The molecule has 1 aromatic rings. The number of carbonyl (C=O) groups excluding carboxylic acids is 2. The Morgan fingerprint density at radius 3 is 1.96 bits per heavy atom. The van der Waals surface area contributed by atoms with E-state index in [1.54, 1.807) is 60.6 Å². The lowest BCUT2D eigenvalue weighted by Gasteiger charge is -2.22. The molecule has 1 rings (SSSR count). The first-order chi connectivity index (χ1) is 10.3. The highest BCUT2D eigenvalue weighted by atomic mass is 35.5. The summed E-state index contributed by atoms with van der Waals surface area (Å²) in [4.78, 5) is 24.3. The molecule has 23 heavy (non-hydrogen) atoms. The van der Waals surface area contributed by atoms with Crippen molar-refractivity contribution in [1.29, 1.82) is 0 Å². The van der Waals surface area contributed by atoms with Gasteiger partial charge in [-0.1, -0.05) is 17.7 Å². The molecule has 0 amide bonds. The van der Waals surface area contributed by atoms with Gasteiger partial charge in [0.15, 0.2) is 5.75 Å². The Morgan fingerprint density at radius 2 is 1.48 bits per heavy atom. The molecule has 5 nitrogen and oxygen atoms in total. The molecule has 0 aliphatic carbocycles. The Hall–Kier alpha value is -1.75. The zero-order valence-electron chi connectivity index (χ0n) is 14.6. The van der Waals surface area contributed by atoms with Crippen LogP contribution in [0.15, 0.2) is 12.1 Å². The lowest BCUT2D eigenvalue weighted by Crippen LogP contribution is -2.28. The highest BCUT2D eigenvalue weighted by Gasteiger charge is 2.27. The third-order valence-electron chi connectivity index (χ3n) is 2.50. The molecule has 0 saturated heterocycles. The van der Waals surface area contributed by atoms with Crippen LogP contribution in [0.5, 0.6) is 5.75 Å². The fourth-order valence-corrected chi connectivity index (χ4v) is 1.89. The van der Waals surface area contributed by atoms with E-state index in [1.165, 1.54) is 0 Å². The van der Waals surface area contributed by atoms with Crippen molar-refractivity contribution in [2.45, 2.75) is 59.7 Å². The summed E-state index contributed by atoms with van der Waals surface area (Å²) < 4.78 is 15.6. The van der Waals surface area contributed by atoms with Crippen molar-refractivity contribution in [1.82, 2.24) is 0 Å². The van der Waals surface area contributed by atoms with Gasteiger partial charge >= 0.3 is 12.1 Å². The van der Waals surface area contributed by atoms with Crippen LogP contribution in [-0.2, 0) is 9.47 Å². The van der Waals surface area contributed by atoms with Crippen LogP contribution >= 0.6 is 11.6 Å². The number of carbonyl (C=O) groups is 2. The smallest absolute Gasteiger partial charge is 0.456 e. The molecule has 0 unspecified atom stereocenters. The van der Waals surface area contributed by atoms with Crippen LogP contribution in [0.3, 0.4) is 0 Å². The van der Waals surface area contributed by atoms with Gasteiger partial charge in [0.25, 0.3) is 0 Å². The number of halogens is 1. The molecule has 0 fully saturated rings. The zero-order chi connectivity index (χ0) is 18.0. The van der Waals surface area contributed by atoms with E-state index in [0.717, 1.165) is 0 Å². The Balaban J connectivity index is 3.19. The van der Waals surface area contributed by atoms with E-state index in [-0.39, 0.29) is 16.3 Å². The SMILES string of the molecule is Cc1ccc(Cl)c(OC(=O)OC(C)(C)C)c1C(=O)OC(C)(C)C. The summed E-state index contributed by atoms with van der Waals surface area (Å²) in [5.41, 5.74) is -0.713. The third kappa shape index (κ3) is 6.10. The monoisotopic (exact) mass is 342 g/mol. The number of hydrogen-bond acceptors (Lipinski definition) is 5. The maximum absolute atomic E-state index is 12.4. The molecule has 0 aliphatic rings. The molecular weight excluding hydrogens is 320 g/mol. The van der Waals surface area contributed by atoms with Crippen LogP contribution < -0.4 is 4.74 Å². The van der Waals surface area contributed by atoms with E-state index >= 15 is 0 Å². The molecule has 0 bridgehead atoms. The molecular formula is C17H23ClO5. The first-order valence-corrected chi connectivity index (χ1v) is 7.61. The van der Waals surface area contributed by atoms with Crippen molar-refractivity contribution in [3.63, 3.8) is 0 Å². The molecule has 0 saturated carbocycles. The first kappa shape index (κ1) is 19.3. The number of hydrogen-bond donors (Lipinski definition) is 0. The van der Waals surface area contributed by atoms with Crippen LogP contribution in [0.1, 0.15) is 57.5 Å². The molecule has 0 spiro atoms. The predicted octanol–water partition coefficient (Wildman–Crippen LogP) is 4.92. The molecule has 0 aromatic heterocycles. The quantitative estimate of drug-likeness (QED) is 0.564. The standard InChI is InChI=1S/C17H23ClO5/c1-10-8-9-11(18)13(21-15(20)23-17(5,6)7)12(10)14(19)22-16(2,3)4/h8-9H,1-7H3. The summed E-state index contributed by atoms with van der Waals surface area (Å²) in [6.07, 6.45) is -0.935. The fraction of sp³-hybridized carbons (Fsp3) is 0.529. The van der Waals surface area contributed by atoms with Crippen molar-refractivity contribution >= 4 is 23.7 Å². The lowest BCUT2D eigenvalue weighted by molar-refractivity contribution is 0.00603. The minimum atomic E-state index is -0.935. The minimum Gasteiger partial charge on any atom is -0.456 e. The maximum atomic E-state index is 12.4. The summed E-state index contributed by atoms with van der Waals surface area (Å²) in [6.45, 7) is 12.1. The predicted molar refractivity (Wildman–Crippen MR) is 88.2 cm³/mol. The second-order valence-electron chi connectivity index (χ2n) is 7.14. The molecule has 0 aliphatic heterocycles. The van der Waals surface area contributed by atoms with Crippen molar-refractivity contribution in [2.24, 2.45) is 0 Å². The zero-order valence-corrected chi connectivity index (χ0v) is 15.3. The summed E-state index contributed by atoms with van der Waals surface area (Å²) in [5.74, 6) is -0.675. The normalized spacial score (nSPS) is 11.8. The van der Waals surface area contributed by atoms with Gasteiger partial charge in [0.1, 0.15) is 16.8 Å². The van der Waals surface area contributed by atoms with Crippen molar-refractivity contribution in [2.75, 3.05) is 0 Å². The van der Waals surface area contributed by atoms with Gasteiger partial charge in [0.2, 0.25) is 0 Å². The van der Waals surface area contributed by atoms with Crippen LogP contribution in [0.25, 0.3) is 0 Å². The Labute approximate surface area is 141 Å². The largest absolute Gasteiger partial charge is 0.514 e. The molecule has 0 N–H and O–H groups in total. The van der Waals surface area contributed by atoms with Gasteiger partial charge < -0.3 is 14.2 Å². The van der Waals surface area contributed by atoms with Gasteiger partial charge in [-0.15, -0.1) is 0 Å². The number of esters is 1. The van der Waals surface area contributed by atoms with E-state index in [1.807, 2.05) is 0 Å². The Morgan fingerprint density at radius 1 is 0.957 bits per heavy atom. The van der Waals surface area contributed by atoms with E-state index in [2.05, 4.69) is 0 Å². The van der Waals surface area contributed by atoms with Crippen LogP contribution in [0.2, 0.25) is 5.02 Å². The number of benzene rings is 1. The topological polar surface area (TPSA) is 61.8 Å². The molecule has 0 radical (unpaired) electrons. The van der Waals surface area contributed by atoms with Crippen molar-refractivity contribution < 1.29 is 23.8 Å². The molecule has 0 atom stereocenters. The molecule has 1 aromatic carbocycles. The Kier molecular flexibility index (Phi) is 5.69. The van der Waals surface area contributed by atoms with Crippen molar-refractivity contribution in [3.8, 4) is 5.75 Å². The van der Waals surface area contributed by atoms with E-state index in [4.69, 9.17) is 25.8 Å². The van der Waals surface area contributed by atoms with Gasteiger partial charge in [-0.3, -0.25) is 0 Å². The van der Waals surface area contributed by atoms with Crippen molar-refractivity contribution in [3.05, 3.63) is 28.3 Å². The third-order valence-corrected chi connectivity index (χ3v) is 2.79. The van der Waals surface area contributed by atoms with Gasteiger partial charge in [0, 0.05) is 0 Å². The molecule has 0 heterocycles. The minimum absolute atomic E-state index is 0.0600.